The van der Waals surface area contributed by atoms with E-state index in [9.17, 15) is 9.59 Å². The molecule has 1 aliphatic rings. The lowest BCUT2D eigenvalue weighted by molar-refractivity contribution is -0.136. The zero-order valence-electron chi connectivity index (χ0n) is 17.1. The minimum Gasteiger partial charge on any atom is -0.427 e. The molecule has 1 saturated heterocycles. The van der Waals surface area contributed by atoms with E-state index in [-0.39, 0.29) is 24.6 Å². The van der Waals surface area contributed by atoms with Gasteiger partial charge in [-0.25, -0.2) is 4.79 Å². The first-order valence-corrected chi connectivity index (χ1v) is 10.8. The summed E-state index contributed by atoms with van der Waals surface area (Å²) in [7, 11) is 0. The molecule has 2 unspecified atom stereocenters. The molecule has 162 valence electrons. The molecule has 2 atom stereocenters. The second-order valence-corrected chi connectivity index (χ2v) is 9.64. The highest BCUT2D eigenvalue weighted by atomic mass is 35.5. The van der Waals surface area contributed by atoms with Gasteiger partial charge in [0.2, 0.25) is 0 Å². The molecule has 1 fully saturated rings. The van der Waals surface area contributed by atoms with Gasteiger partial charge in [0, 0.05) is 0 Å². The molecule has 2 heterocycles. The maximum atomic E-state index is 12.6. The Balaban J connectivity index is 1.64. The van der Waals surface area contributed by atoms with Gasteiger partial charge in [-0.05, 0) is 38.5 Å². The number of thiophene rings is 1. The summed E-state index contributed by atoms with van der Waals surface area (Å²) in [5.74, 6) is -0.246. The molecule has 0 bridgehead atoms. The summed E-state index contributed by atoms with van der Waals surface area (Å²) in [6.45, 7) is 6.26. The summed E-state index contributed by atoms with van der Waals surface area (Å²) in [5, 5.41) is 4.41. The van der Waals surface area contributed by atoms with Crippen LogP contribution >= 0.6 is 22.9 Å². The minimum atomic E-state index is -0.790. The number of benzene rings is 1. The number of halogens is 1. The van der Waals surface area contributed by atoms with E-state index in [1.807, 2.05) is 30.3 Å². The van der Waals surface area contributed by atoms with Gasteiger partial charge in [0.15, 0.2) is 0 Å². The summed E-state index contributed by atoms with van der Waals surface area (Å²) >= 11 is 7.14. The molecule has 1 aromatic carbocycles. The molecule has 9 heteroatoms. The Labute approximate surface area is 184 Å². The number of hydroxylamine groups is 2. The number of nitrogens with one attached hydrogen (secondary N) is 1. The van der Waals surface area contributed by atoms with Gasteiger partial charge in [0.1, 0.15) is 5.60 Å². The Bertz CT molecular complexity index is 868. The highest BCUT2D eigenvalue weighted by Crippen LogP contribution is 2.23. The molecule has 1 N–H and O–H groups in total. The van der Waals surface area contributed by atoms with Gasteiger partial charge >= 0.3 is 6.16 Å². The second kappa shape index (κ2) is 9.78. The molecule has 1 amide bonds. The van der Waals surface area contributed by atoms with E-state index in [0.717, 1.165) is 5.56 Å². The number of amides is 1. The number of ether oxygens (including phenoxy) is 2. The lowest BCUT2D eigenvalue weighted by Crippen LogP contribution is -2.43. The normalized spacial score (nSPS) is 19.5. The van der Waals surface area contributed by atoms with Crippen LogP contribution < -0.4 is 5.32 Å². The van der Waals surface area contributed by atoms with E-state index < -0.39 is 11.8 Å². The molecule has 3 rings (SSSR count). The largest absolute Gasteiger partial charge is 0.528 e. The summed E-state index contributed by atoms with van der Waals surface area (Å²) in [4.78, 5) is 30.4. The Kier molecular flexibility index (Phi) is 7.36. The first-order valence-electron chi connectivity index (χ1n) is 9.57. The van der Waals surface area contributed by atoms with E-state index in [4.69, 9.17) is 25.9 Å². The van der Waals surface area contributed by atoms with Crippen LogP contribution in [0.2, 0.25) is 4.34 Å². The number of rotatable bonds is 6. The van der Waals surface area contributed by atoms with Crippen molar-refractivity contribution in [3.8, 4) is 0 Å². The van der Waals surface area contributed by atoms with Crippen LogP contribution in [0.25, 0.3) is 0 Å². The van der Waals surface area contributed by atoms with Crippen molar-refractivity contribution in [1.29, 1.82) is 0 Å². The number of nitrogens with zero attached hydrogens (tertiary/aromatic N) is 1. The van der Waals surface area contributed by atoms with Gasteiger partial charge in [0.05, 0.1) is 41.1 Å². The van der Waals surface area contributed by atoms with Crippen LogP contribution in [0.1, 0.15) is 36.0 Å². The Morgan fingerprint density at radius 3 is 2.53 bits per heavy atom. The van der Waals surface area contributed by atoms with E-state index in [1.165, 1.54) is 16.4 Å². The molecule has 1 aliphatic heterocycles. The molecular weight excluding hydrogens is 428 g/mol. The van der Waals surface area contributed by atoms with Gasteiger partial charge in [-0.1, -0.05) is 41.9 Å². The number of hydrogen-bond donors (Lipinski definition) is 1. The summed E-state index contributed by atoms with van der Waals surface area (Å²) in [6.07, 6.45) is -1.16. The van der Waals surface area contributed by atoms with Crippen molar-refractivity contribution in [2.45, 2.75) is 45.1 Å². The van der Waals surface area contributed by atoms with Gasteiger partial charge in [0.25, 0.3) is 5.91 Å². The fraction of sp³-hybridized carbons (Fsp3) is 0.429. The van der Waals surface area contributed by atoms with E-state index >= 15 is 0 Å². The number of hydrogen-bond acceptors (Lipinski definition) is 7. The highest BCUT2D eigenvalue weighted by molar-refractivity contribution is 7.18. The average molecular weight is 453 g/mol. The lowest BCUT2D eigenvalue weighted by Gasteiger charge is -2.21. The van der Waals surface area contributed by atoms with Crippen molar-refractivity contribution in [3.63, 3.8) is 0 Å². The van der Waals surface area contributed by atoms with Crippen LogP contribution in [-0.2, 0) is 20.9 Å². The van der Waals surface area contributed by atoms with Gasteiger partial charge < -0.3 is 19.6 Å². The number of carbonyl (C=O) groups is 2. The van der Waals surface area contributed by atoms with Crippen molar-refractivity contribution in [2.75, 3.05) is 13.1 Å². The second-order valence-electron chi connectivity index (χ2n) is 7.92. The Morgan fingerprint density at radius 1 is 1.17 bits per heavy atom. The first-order chi connectivity index (χ1) is 14.2. The van der Waals surface area contributed by atoms with Crippen molar-refractivity contribution >= 4 is 35.0 Å². The molecule has 7 nitrogen and oxygen atoms in total. The monoisotopic (exact) mass is 452 g/mol. The van der Waals surface area contributed by atoms with Gasteiger partial charge in [-0.3, -0.25) is 4.79 Å². The molecular formula is C21H25ClN2O5S. The Hall–Kier alpha value is -2.13. The van der Waals surface area contributed by atoms with Crippen LogP contribution in [-0.4, -0.2) is 48.0 Å². The van der Waals surface area contributed by atoms with Crippen LogP contribution in [0.15, 0.2) is 42.5 Å². The quantitative estimate of drug-likeness (QED) is 0.659. The lowest BCUT2D eigenvalue weighted by atomic mass is 10.2. The van der Waals surface area contributed by atoms with Gasteiger partial charge in [-0.2, -0.15) is 0 Å². The maximum absolute atomic E-state index is 12.6. The van der Waals surface area contributed by atoms with E-state index in [0.29, 0.717) is 22.4 Å². The predicted molar refractivity (Wildman–Crippen MR) is 114 cm³/mol. The van der Waals surface area contributed by atoms with Crippen molar-refractivity contribution < 1.29 is 23.9 Å². The molecule has 0 spiro atoms. The molecule has 30 heavy (non-hydrogen) atoms. The molecule has 0 radical (unpaired) electrons. The standard InChI is InChI=1S/C21H25ClN2O5S/c1-21(2,3)28-20(26)29-24-11-15(23-19(25)17-9-10-18(22)30-17)16(12-24)27-13-14-7-5-4-6-8-14/h4-10,15-16H,11-13H2,1-3H3,(H,23,25). The first kappa shape index (κ1) is 22.6. The molecule has 1 aromatic heterocycles. The third kappa shape index (κ3) is 6.70. The third-order valence-corrected chi connectivity index (χ3v) is 5.48. The molecule has 0 aliphatic carbocycles. The zero-order chi connectivity index (χ0) is 21.7. The topological polar surface area (TPSA) is 77.1 Å². The summed E-state index contributed by atoms with van der Waals surface area (Å²) < 4.78 is 11.8. The average Bonchev–Trinajstić information content (AvgIpc) is 3.25. The molecule has 0 saturated carbocycles. The Morgan fingerprint density at radius 2 is 1.90 bits per heavy atom. The van der Waals surface area contributed by atoms with Crippen molar-refractivity contribution in [2.24, 2.45) is 0 Å². The highest BCUT2D eigenvalue weighted by Gasteiger charge is 2.38. The fourth-order valence-electron chi connectivity index (χ4n) is 2.95. The zero-order valence-corrected chi connectivity index (χ0v) is 18.7. The van der Waals surface area contributed by atoms with Crippen LogP contribution in [0.4, 0.5) is 4.79 Å². The minimum absolute atomic E-state index is 0.246. The molecule has 2 aromatic rings. The van der Waals surface area contributed by atoms with Crippen molar-refractivity contribution in [1.82, 2.24) is 10.4 Å². The fourth-order valence-corrected chi connectivity index (χ4v) is 3.90. The van der Waals surface area contributed by atoms with Crippen LogP contribution in [0.5, 0.6) is 0 Å². The maximum Gasteiger partial charge on any atom is 0.528 e. The van der Waals surface area contributed by atoms with E-state index in [2.05, 4.69) is 5.32 Å². The van der Waals surface area contributed by atoms with Crippen LogP contribution in [0, 0.1) is 0 Å². The summed E-state index contributed by atoms with van der Waals surface area (Å²) in [5.41, 5.74) is 0.352. The smallest absolute Gasteiger partial charge is 0.427 e. The van der Waals surface area contributed by atoms with Gasteiger partial charge in [-0.15, -0.1) is 16.4 Å². The SMILES string of the molecule is CC(C)(C)OC(=O)ON1CC(NC(=O)c2ccc(Cl)s2)C(OCc2ccccc2)C1. The third-order valence-electron chi connectivity index (χ3n) is 4.25. The van der Waals surface area contributed by atoms with E-state index in [1.54, 1.807) is 32.9 Å². The predicted octanol–water partition coefficient (Wildman–Crippen LogP) is 4.27. The van der Waals surface area contributed by atoms with Crippen molar-refractivity contribution in [3.05, 3.63) is 57.2 Å². The van der Waals surface area contributed by atoms with Crippen LogP contribution in [0.3, 0.4) is 0 Å². The number of carbonyl (C=O) groups excluding carboxylic acids is 2. The summed E-state index contributed by atoms with van der Waals surface area (Å²) in [6, 6.07) is 12.7.